The van der Waals surface area contributed by atoms with Crippen LogP contribution in [0.1, 0.15) is 18.4 Å². The lowest BCUT2D eigenvalue weighted by atomic mass is 9.98. The van der Waals surface area contributed by atoms with E-state index in [0.717, 1.165) is 0 Å². The average Bonchev–Trinajstić information content (AvgIpc) is 2.46. The summed E-state index contributed by atoms with van der Waals surface area (Å²) in [6, 6.07) is 2.41. The molecule has 8 heteroatoms. The minimum absolute atomic E-state index is 0.0379. The summed E-state index contributed by atoms with van der Waals surface area (Å²) in [6.07, 6.45) is -4.09. The molecule has 1 aliphatic rings. The first-order valence-electron chi connectivity index (χ1n) is 7.59. The minimum atomic E-state index is -4.26. The maximum Gasteiger partial charge on any atom is 0.404 e. The van der Waals surface area contributed by atoms with Gasteiger partial charge in [-0.1, -0.05) is 6.07 Å². The second-order valence-electron chi connectivity index (χ2n) is 5.98. The first-order valence-corrected chi connectivity index (χ1v) is 7.59. The first kappa shape index (κ1) is 18.5. The van der Waals surface area contributed by atoms with Gasteiger partial charge < -0.3 is 10.1 Å². The highest BCUT2D eigenvalue weighted by atomic mass is 19.4. The molecule has 0 radical (unpaired) electrons. The molecule has 0 bridgehead atoms. The molecule has 0 unspecified atom stereocenters. The molecule has 0 aromatic heterocycles. The van der Waals surface area contributed by atoms with Crippen molar-refractivity contribution in [1.29, 1.82) is 0 Å². The van der Waals surface area contributed by atoms with Crippen LogP contribution >= 0.6 is 0 Å². The van der Waals surface area contributed by atoms with Crippen molar-refractivity contribution in [2.75, 3.05) is 20.7 Å². The molecule has 0 spiro atoms. The van der Waals surface area contributed by atoms with Gasteiger partial charge in [-0.2, -0.15) is 13.2 Å². The number of alkyl halides is 3. The Morgan fingerprint density at radius 2 is 2.08 bits per heavy atom. The van der Waals surface area contributed by atoms with Gasteiger partial charge in [0.25, 0.3) is 0 Å². The molecule has 1 heterocycles. The summed E-state index contributed by atoms with van der Waals surface area (Å²) in [7, 11) is 2.74. The molecule has 1 saturated heterocycles. The second-order valence-corrected chi connectivity index (χ2v) is 5.98. The number of rotatable bonds is 4. The highest BCUT2D eigenvalue weighted by molar-refractivity contribution is 5.79. The van der Waals surface area contributed by atoms with E-state index in [4.69, 9.17) is 4.74 Å². The largest absolute Gasteiger partial charge is 0.494 e. The van der Waals surface area contributed by atoms with Gasteiger partial charge in [0.2, 0.25) is 5.91 Å². The highest BCUT2D eigenvalue weighted by Crippen LogP contribution is 2.30. The van der Waals surface area contributed by atoms with Crippen molar-refractivity contribution in [3.05, 3.63) is 29.6 Å². The van der Waals surface area contributed by atoms with Gasteiger partial charge in [0.1, 0.15) is 6.04 Å². The number of halogens is 4. The fourth-order valence-corrected chi connectivity index (χ4v) is 2.96. The molecule has 1 aromatic carbocycles. The summed E-state index contributed by atoms with van der Waals surface area (Å²) in [5, 5.41) is 2.72. The van der Waals surface area contributed by atoms with Gasteiger partial charge in [-0.05, 0) is 37.6 Å². The van der Waals surface area contributed by atoms with E-state index < -0.39 is 18.0 Å². The lowest BCUT2D eigenvalue weighted by Crippen LogP contribution is -2.54. The third kappa shape index (κ3) is 4.59. The number of hydrogen-bond donors (Lipinski definition) is 1. The number of methoxy groups -OCH3 is 1. The standard InChI is InChI=1S/C16H20F4N2O2/c1-22-9-11(4-6-14(22)16(18,19)20)21-15(23)8-10-3-5-13(24-2)12(17)7-10/h3,5,7,11,14H,4,6,8-9H2,1-2H3,(H,21,23)/t11-,14-/m0/s1. The molecule has 2 atom stereocenters. The Hall–Kier alpha value is -1.83. The normalized spacial score (nSPS) is 22.2. The van der Waals surface area contributed by atoms with E-state index in [1.54, 1.807) is 6.07 Å². The smallest absolute Gasteiger partial charge is 0.404 e. The van der Waals surface area contributed by atoms with Crippen molar-refractivity contribution in [2.24, 2.45) is 0 Å². The zero-order chi connectivity index (χ0) is 17.9. The Morgan fingerprint density at radius 3 is 2.62 bits per heavy atom. The number of amides is 1. The number of likely N-dealkylation sites (N-methyl/N-ethyl adjacent to an activating group) is 1. The molecule has 1 N–H and O–H groups in total. The van der Waals surface area contributed by atoms with Crippen LogP contribution in [0.2, 0.25) is 0 Å². The number of carbonyl (C=O) groups excluding carboxylic acids is 1. The predicted molar refractivity (Wildman–Crippen MR) is 80.3 cm³/mol. The number of benzene rings is 1. The van der Waals surface area contributed by atoms with Crippen molar-refractivity contribution < 1.29 is 27.1 Å². The fraction of sp³-hybridized carbons (Fsp3) is 0.562. The number of piperidine rings is 1. The molecule has 2 rings (SSSR count). The van der Waals surface area contributed by atoms with Gasteiger partial charge >= 0.3 is 6.18 Å². The third-order valence-electron chi connectivity index (χ3n) is 4.15. The van der Waals surface area contributed by atoms with Crippen LogP contribution in [0.3, 0.4) is 0 Å². The summed E-state index contributed by atoms with van der Waals surface area (Å²) in [5.41, 5.74) is 0.475. The molecule has 0 aliphatic carbocycles. The average molecular weight is 348 g/mol. The molecule has 1 fully saturated rings. The molecule has 24 heavy (non-hydrogen) atoms. The molecule has 134 valence electrons. The summed E-state index contributed by atoms with van der Waals surface area (Å²) < 4.78 is 56.8. The quantitative estimate of drug-likeness (QED) is 0.851. The molecular formula is C16H20F4N2O2. The molecular weight excluding hydrogens is 328 g/mol. The van der Waals surface area contributed by atoms with Crippen LogP contribution in [0.25, 0.3) is 0 Å². The minimum Gasteiger partial charge on any atom is -0.494 e. The van der Waals surface area contributed by atoms with Gasteiger partial charge in [-0.15, -0.1) is 0 Å². The van der Waals surface area contributed by atoms with Gasteiger partial charge in [0.05, 0.1) is 13.5 Å². The van der Waals surface area contributed by atoms with Crippen LogP contribution < -0.4 is 10.1 Å². The second kappa shape index (κ2) is 7.38. The highest BCUT2D eigenvalue weighted by Gasteiger charge is 2.44. The van der Waals surface area contributed by atoms with E-state index in [1.807, 2.05) is 0 Å². The zero-order valence-corrected chi connectivity index (χ0v) is 13.5. The molecule has 1 amide bonds. The van der Waals surface area contributed by atoms with Crippen molar-refractivity contribution in [2.45, 2.75) is 37.5 Å². The molecule has 4 nitrogen and oxygen atoms in total. The zero-order valence-electron chi connectivity index (χ0n) is 13.5. The van der Waals surface area contributed by atoms with Gasteiger partial charge in [0, 0.05) is 12.6 Å². The SMILES string of the molecule is COc1ccc(CC(=O)N[C@H]2CC[C@@H](C(F)(F)F)N(C)C2)cc1F. The third-order valence-corrected chi connectivity index (χ3v) is 4.15. The Morgan fingerprint density at radius 1 is 1.38 bits per heavy atom. The van der Waals surface area contributed by atoms with Gasteiger partial charge in [-0.3, -0.25) is 9.69 Å². The number of nitrogens with one attached hydrogen (secondary N) is 1. The Kier molecular flexibility index (Phi) is 5.69. The van der Waals surface area contributed by atoms with E-state index >= 15 is 0 Å². The predicted octanol–water partition coefficient (Wildman–Crippen LogP) is 2.52. The summed E-state index contributed by atoms with van der Waals surface area (Å²) in [4.78, 5) is 13.2. The number of likely N-dealkylation sites (tertiary alicyclic amines) is 1. The summed E-state index contributed by atoms with van der Waals surface area (Å²) >= 11 is 0. The Labute approximate surface area is 137 Å². The fourth-order valence-electron chi connectivity index (χ4n) is 2.96. The number of hydrogen-bond acceptors (Lipinski definition) is 3. The van der Waals surface area contributed by atoms with Crippen LogP contribution in [-0.4, -0.2) is 49.8 Å². The van der Waals surface area contributed by atoms with Crippen LogP contribution in [-0.2, 0) is 11.2 Å². The van der Waals surface area contributed by atoms with E-state index in [2.05, 4.69) is 5.32 Å². The number of ether oxygens (including phenoxy) is 1. The van der Waals surface area contributed by atoms with Crippen LogP contribution in [0, 0.1) is 5.82 Å². The topological polar surface area (TPSA) is 41.6 Å². The molecule has 1 aliphatic heterocycles. The maximum atomic E-state index is 13.6. The Bertz CT molecular complexity index is 592. The summed E-state index contributed by atoms with van der Waals surface area (Å²) in [6.45, 7) is 0.132. The number of nitrogens with zero attached hydrogens (tertiary/aromatic N) is 1. The van der Waals surface area contributed by atoms with E-state index in [-0.39, 0.29) is 43.5 Å². The lowest BCUT2D eigenvalue weighted by molar-refractivity contribution is -0.188. The van der Waals surface area contributed by atoms with Gasteiger partial charge in [-0.25, -0.2) is 4.39 Å². The molecule has 1 aromatic rings. The van der Waals surface area contributed by atoms with Crippen LogP contribution in [0.4, 0.5) is 17.6 Å². The van der Waals surface area contributed by atoms with Crippen LogP contribution in [0.15, 0.2) is 18.2 Å². The monoisotopic (exact) mass is 348 g/mol. The Balaban J connectivity index is 1.88. The maximum absolute atomic E-state index is 13.6. The first-order chi connectivity index (χ1) is 11.2. The van der Waals surface area contributed by atoms with E-state index in [0.29, 0.717) is 5.56 Å². The van der Waals surface area contributed by atoms with Crippen molar-refractivity contribution >= 4 is 5.91 Å². The van der Waals surface area contributed by atoms with Crippen molar-refractivity contribution in [3.63, 3.8) is 0 Å². The van der Waals surface area contributed by atoms with Crippen molar-refractivity contribution in [3.8, 4) is 5.75 Å². The molecule has 0 saturated carbocycles. The van der Waals surface area contributed by atoms with E-state index in [9.17, 15) is 22.4 Å². The number of carbonyl (C=O) groups is 1. The van der Waals surface area contributed by atoms with Crippen molar-refractivity contribution in [1.82, 2.24) is 10.2 Å². The van der Waals surface area contributed by atoms with Gasteiger partial charge in [0.15, 0.2) is 11.6 Å². The lowest BCUT2D eigenvalue weighted by Gasteiger charge is -2.38. The van der Waals surface area contributed by atoms with E-state index in [1.165, 1.54) is 31.2 Å². The summed E-state index contributed by atoms with van der Waals surface area (Å²) in [5.74, 6) is -0.817. The van der Waals surface area contributed by atoms with Crippen LogP contribution in [0.5, 0.6) is 5.75 Å².